The van der Waals surface area contributed by atoms with Gasteiger partial charge in [0.1, 0.15) is 18.1 Å². The lowest BCUT2D eigenvalue weighted by atomic mass is 9.82. The lowest BCUT2D eigenvalue weighted by Crippen LogP contribution is -2.18. The standard InChI is InChI=1S/C27H29F3O3/c1-4-32-17(2)15-25(28)18(3)33-16-19-5-7-20(8-6-19)23-13-14-24(27(30)26(23)29)21-9-11-22(31)12-10-21/h5-8,13-15,21-22,31H,2-4,9-12,16H2,1H3/b25-15+. The summed E-state index contributed by atoms with van der Waals surface area (Å²) < 4.78 is 54.1. The lowest BCUT2D eigenvalue weighted by Gasteiger charge is -2.26. The van der Waals surface area contributed by atoms with E-state index < -0.39 is 17.5 Å². The van der Waals surface area contributed by atoms with Crippen molar-refractivity contribution in [1.29, 1.82) is 0 Å². The molecule has 176 valence electrons. The molecular formula is C27H29F3O3. The van der Waals surface area contributed by atoms with Gasteiger partial charge in [0.25, 0.3) is 0 Å². The summed E-state index contributed by atoms with van der Waals surface area (Å²) in [5, 5.41) is 9.65. The van der Waals surface area contributed by atoms with Gasteiger partial charge in [0.15, 0.2) is 17.5 Å². The second-order valence-corrected chi connectivity index (χ2v) is 8.14. The van der Waals surface area contributed by atoms with Gasteiger partial charge in [-0.15, -0.1) is 0 Å². The van der Waals surface area contributed by atoms with Gasteiger partial charge in [-0.2, -0.15) is 0 Å². The fraction of sp³-hybridized carbons (Fsp3) is 0.333. The molecule has 1 aliphatic carbocycles. The summed E-state index contributed by atoms with van der Waals surface area (Å²) in [6.07, 6.45) is 3.24. The van der Waals surface area contributed by atoms with Crippen LogP contribution in [0.2, 0.25) is 0 Å². The normalized spacial score (nSPS) is 18.6. The molecule has 1 saturated carbocycles. The summed E-state index contributed by atoms with van der Waals surface area (Å²) in [7, 11) is 0. The minimum absolute atomic E-state index is 0.0603. The molecule has 0 spiro atoms. The molecule has 0 bridgehead atoms. The third kappa shape index (κ3) is 6.29. The van der Waals surface area contributed by atoms with Gasteiger partial charge in [0, 0.05) is 11.6 Å². The van der Waals surface area contributed by atoms with Crippen LogP contribution in [0.1, 0.15) is 49.7 Å². The summed E-state index contributed by atoms with van der Waals surface area (Å²) >= 11 is 0. The van der Waals surface area contributed by atoms with E-state index in [1.165, 1.54) is 0 Å². The second-order valence-electron chi connectivity index (χ2n) is 8.14. The first-order valence-corrected chi connectivity index (χ1v) is 11.1. The Morgan fingerprint density at radius 2 is 1.67 bits per heavy atom. The first-order valence-electron chi connectivity index (χ1n) is 11.1. The van der Waals surface area contributed by atoms with Gasteiger partial charge in [-0.05, 0) is 55.2 Å². The molecule has 0 heterocycles. The number of halogens is 3. The number of benzene rings is 2. The molecule has 33 heavy (non-hydrogen) atoms. The van der Waals surface area contributed by atoms with Crippen molar-refractivity contribution in [3.63, 3.8) is 0 Å². The topological polar surface area (TPSA) is 38.7 Å². The van der Waals surface area contributed by atoms with Crippen LogP contribution < -0.4 is 0 Å². The predicted molar refractivity (Wildman–Crippen MR) is 123 cm³/mol. The van der Waals surface area contributed by atoms with Crippen LogP contribution in [0.25, 0.3) is 11.1 Å². The first kappa shape index (κ1) is 24.6. The smallest absolute Gasteiger partial charge is 0.168 e. The van der Waals surface area contributed by atoms with E-state index >= 15 is 0 Å². The molecule has 0 unspecified atom stereocenters. The molecule has 1 aliphatic rings. The molecular weight excluding hydrogens is 429 g/mol. The van der Waals surface area contributed by atoms with Crippen LogP contribution in [0.5, 0.6) is 0 Å². The van der Waals surface area contributed by atoms with Crippen molar-refractivity contribution < 1.29 is 27.8 Å². The number of hydrogen-bond acceptors (Lipinski definition) is 3. The highest BCUT2D eigenvalue weighted by molar-refractivity contribution is 5.65. The van der Waals surface area contributed by atoms with Crippen molar-refractivity contribution in [2.75, 3.05) is 6.61 Å². The van der Waals surface area contributed by atoms with Crippen LogP contribution in [0.15, 0.2) is 73.0 Å². The quantitative estimate of drug-likeness (QED) is 0.322. The Morgan fingerprint density at radius 3 is 2.30 bits per heavy atom. The highest BCUT2D eigenvalue weighted by Crippen LogP contribution is 2.37. The molecule has 0 radical (unpaired) electrons. The largest absolute Gasteiger partial charge is 0.494 e. The maximum Gasteiger partial charge on any atom is 0.168 e. The van der Waals surface area contributed by atoms with Crippen molar-refractivity contribution >= 4 is 0 Å². The van der Waals surface area contributed by atoms with E-state index in [1.807, 2.05) is 0 Å². The summed E-state index contributed by atoms with van der Waals surface area (Å²) in [5.41, 5.74) is 1.79. The van der Waals surface area contributed by atoms with Crippen LogP contribution in [-0.4, -0.2) is 17.8 Å². The molecule has 0 atom stereocenters. The molecule has 6 heteroatoms. The minimum Gasteiger partial charge on any atom is -0.494 e. The zero-order valence-electron chi connectivity index (χ0n) is 18.8. The Balaban J connectivity index is 1.66. The molecule has 0 aliphatic heterocycles. The summed E-state index contributed by atoms with van der Waals surface area (Å²) in [5.74, 6) is -2.45. The maximum absolute atomic E-state index is 14.9. The number of aliphatic hydroxyl groups excluding tert-OH is 1. The van der Waals surface area contributed by atoms with Gasteiger partial charge in [-0.3, -0.25) is 0 Å². The van der Waals surface area contributed by atoms with Gasteiger partial charge in [-0.1, -0.05) is 49.6 Å². The monoisotopic (exact) mass is 458 g/mol. The van der Waals surface area contributed by atoms with Crippen molar-refractivity contribution in [3.8, 4) is 11.1 Å². The summed E-state index contributed by atoms with van der Waals surface area (Å²) in [6.45, 7) is 9.32. The number of hydrogen-bond donors (Lipinski definition) is 1. The van der Waals surface area contributed by atoms with E-state index in [0.717, 1.165) is 11.6 Å². The molecule has 0 saturated heterocycles. The fourth-order valence-electron chi connectivity index (χ4n) is 3.96. The summed E-state index contributed by atoms with van der Waals surface area (Å²) in [4.78, 5) is 0. The predicted octanol–water partition coefficient (Wildman–Crippen LogP) is 7.08. The number of allylic oxidation sites excluding steroid dienone is 2. The fourth-order valence-corrected chi connectivity index (χ4v) is 3.96. The molecule has 3 rings (SSSR count). The molecule has 3 nitrogen and oxygen atoms in total. The average molecular weight is 459 g/mol. The van der Waals surface area contributed by atoms with E-state index in [-0.39, 0.29) is 35.7 Å². The van der Waals surface area contributed by atoms with Crippen LogP contribution in [0.4, 0.5) is 13.2 Å². The van der Waals surface area contributed by atoms with Crippen LogP contribution >= 0.6 is 0 Å². The number of rotatable bonds is 9. The lowest BCUT2D eigenvalue weighted by molar-refractivity contribution is 0.122. The molecule has 0 amide bonds. The Morgan fingerprint density at radius 1 is 1.00 bits per heavy atom. The van der Waals surface area contributed by atoms with E-state index in [2.05, 4.69) is 13.2 Å². The molecule has 2 aromatic rings. The van der Waals surface area contributed by atoms with Gasteiger partial charge in [0.2, 0.25) is 0 Å². The van der Waals surface area contributed by atoms with E-state index in [0.29, 0.717) is 43.4 Å². The Hall–Kier alpha value is -2.99. The second kappa shape index (κ2) is 11.2. The van der Waals surface area contributed by atoms with Crippen molar-refractivity contribution in [2.45, 2.75) is 51.2 Å². The molecule has 1 fully saturated rings. The molecule has 0 aromatic heterocycles. The van der Waals surface area contributed by atoms with Gasteiger partial charge in [0.05, 0.1) is 12.7 Å². The first-order chi connectivity index (χ1) is 15.8. The van der Waals surface area contributed by atoms with Crippen molar-refractivity contribution in [2.24, 2.45) is 0 Å². The van der Waals surface area contributed by atoms with Crippen LogP contribution in [-0.2, 0) is 16.1 Å². The number of ether oxygens (including phenoxy) is 2. The van der Waals surface area contributed by atoms with Crippen LogP contribution in [0.3, 0.4) is 0 Å². The van der Waals surface area contributed by atoms with Gasteiger partial charge >= 0.3 is 0 Å². The zero-order chi connectivity index (χ0) is 24.0. The Bertz CT molecular complexity index is 1020. The highest BCUT2D eigenvalue weighted by atomic mass is 19.2. The van der Waals surface area contributed by atoms with Gasteiger partial charge < -0.3 is 14.6 Å². The maximum atomic E-state index is 14.9. The van der Waals surface area contributed by atoms with E-state index in [4.69, 9.17) is 9.47 Å². The summed E-state index contributed by atoms with van der Waals surface area (Å²) in [6, 6.07) is 9.98. The third-order valence-electron chi connectivity index (χ3n) is 5.81. The van der Waals surface area contributed by atoms with E-state index in [9.17, 15) is 18.3 Å². The Labute approximate surface area is 192 Å². The van der Waals surface area contributed by atoms with Crippen LogP contribution in [0, 0.1) is 11.6 Å². The molecule has 2 aromatic carbocycles. The van der Waals surface area contributed by atoms with Gasteiger partial charge in [-0.25, -0.2) is 13.2 Å². The van der Waals surface area contributed by atoms with E-state index in [1.54, 1.807) is 43.3 Å². The molecule has 1 N–H and O–H groups in total. The minimum atomic E-state index is -0.877. The third-order valence-corrected chi connectivity index (χ3v) is 5.81. The zero-order valence-corrected chi connectivity index (χ0v) is 18.8. The van der Waals surface area contributed by atoms with Crippen molar-refractivity contribution in [1.82, 2.24) is 0 Å². The highest BCUT2D eigenvalue weighted by Gasteiger charge is 2.25. The SMILES string of the molecule is C=C(/C=C(/F)C(=C)OCc1ccc(-c2ccc(C3CCC(O)CC3)c(F)c2F)cc1)OCC. The number of aliphatic hydroxyl groups is 1. The average Bonchev–Trinajstić information content (AvgIpc) is 2.80. The Kier molecular flexibility index (Phi) is 8.39. The van der Waals surface area contributed by atoms with Crippen molar-refractivity contribution in [3.05, 3.63) is 95.7 Å².